The predicted octanol–water partition coefficient (Wildman–Crippen LogP) is 4.36. The maximum absolute atomic E-state index is 13.5. The maximum atomic E-state index is 13.5. The van der Waals surface area contributed by atoms with Crippen molar-refractivity contribution in [1.82, 2.24) is 0 Å². The molecule has 0 amide bonds. The normalized spacial score (nSPS) is 11.6. The van der Waals surface area contributed by atoms with E-state index in [-0.39, 0.29) is 12.0 Å². The van der Waals surface area contributed by atoms with E-state index < -0.39 is 5.92 Å². The molecule has 0 fully saturated rings. The quantitative estimate of drug-likeness (QED) is 0.617. The van der Waals surface area contributed by atoms with Gasteiger partial charge in [-0.15, -0.1) is 0 Å². The summed E-state index contributed by atoms with van der Waals surface area (Å²) >= 11 is 0. The number of hydrogen-bond donors (Lipinski definition) is 0. The molecule has 0 aliphatic heterocycles. The number of unbranched alkanes of at least 4 members (excludes halogenated alkanes) is 2. The van der Waals surface area contributed by atoms with Crippen LogP contribution in [-0.2, 0) is 5.92 Å². The molecule has 0 aliphatic carbocycles. The van der Waals surface area contributed by atoms with Crippen LogP contribution in [0.4, 0.5) is 8.78 Å². The second-order valence-electron chi connectivity index (χ2n) is 3.53. The summed E-state index contributed by atoms with van der Waals surface area (Å²) < 4.78 is 27.0. The van der Waals surface area contributed by atoms with Gasteiger partial charge < -0.3 is 0 Å². The monoisotopic (exact) mass is 198 g/mol. The van der Waals surface area contributed by atoms with E-state index >= 15 is 0 Å². The number of hydrogen-bond acceptors (Lipinski definition) is 0. The Hall–Kier alpha value is -0.920. The minimum absolute atomic E-state index is 0.0369. The van der Waals surface area contributed by atoms with E-state index in [9.17, 15) is 8.78 Å². The Labute approximate surface area is 84.0 Å². The van der Waals surface area contributed by atoms with Crippen molar-refractivity contribution in [3.63, 3.8) is 0 Å². The Bertz CT molecular complexity index is 254. The lowest BCUT2D eigenvalue weighted by molar-refractivity contribution is -0.0157. The van der Waals surface area contributed by atoms with Crippen LogP contribution in [0.5, 0.6) is 0 Å². The molecule has 2 heteroatoms. The molecule has 0 N–H and O–H groups in total. The minimum atomic E-state index is -2.66. The summed E-state index contributed by atoms with van der Waals surface area (Å²) in [4.78, 5) is 0. The third kappa shape index (κ3) is 3.09. The lowest BCUT2D eigenvalue weighted by Gasteiger charge is -2.16. The molecule has 1 aromatic carbocycles. The fourth-order valence-electron chi connectivity index (χ4n) is 1.42. The van der Waals surface area contributed by atoms with Crippen LogP contribution >= 0.6 is 0 Å². The molecule has 0 saturated heterocycles. The maximum Gasteiger partial charge on any atom is 0.273 e. The zero-order valence-corrected chi connectivity index (χ0v) is 8.47. The number of alkyl halides is 2. The molecule has 14 heavy (non-hydrogen) atoms. The molecule has 0 nitrogen and oxygen atoms in total. The van der Waals surface area contributed by atoms with E-state index in [1.807, 2.05) is 6.92 Å². The van der Waals surface area contributed by atoms with E-state index in [1.54, 1.807) is 18.2 Å². The van der Waals surface area contributed by atoms with E-state index in [1.165, 1.54) is 12.1 Å². The number of rotatable bonds is 5. The van der Waals surface area contributed by atoms with Crippen molar-refractivity contribution in [2.24, 2.45) is 0 Å². The number of benzene rings is 1. The first-order chi connectivity index (χ1) is 6.67. The summed E-state index contributed by atoms with van der Waals surface area (Å²) in [6.45, 7) is 2.01. The molecule has 0 unspecified atom stereocenters. The third-order valence-corrected chi connectivity index (χ3v) is 2.29. The van der Waals surface area contributed by atoms with Crippen molar-refractivity contribution < 1.29 is 8.78 Å². The van der Waals surface area contributed by atoms with Crippen molar-refractivity contribution in [3.05, 3.63) is 35.9 Å². The molecule has 1 aromatic rings. The Morgan fingerprint density at radius 2 is 1.71 bits per heavy atom. The van der Waals surface area contributed by atoms with Crippen molar-refractivity contribution in [2.75, 3.05) is 0 Å². The average molecular weight is 198 g/mol. The van der Waals surface area contributed by atoms with Gasteiger partial charge in [0.25, 0.3) is 5.92 Å². The fraction of sp³-hybridized carbons (Fsp3) is 0.500. The summed E-state index contributed by atoms with van der Waals surface area (Å²) in [5.74, 6) is -2.66. The lowest BCUT2D eigenvalue weighted by Crippen LogP contribution is -2.12. The van der Waals surface area contributed by atoms with Gasteiger partial charge in [-0.2, -0.15) is 0 Å². The summed E-state index contributed by atoms with van der Waals surface area (Å²) in [5, 5.41) is 0. The summed E-state index contributed by atoms with van der Waals surface area (Å²) in [6.07, 6.45) is 2.41. The molecule has 0 aromatic heterocycles. The zero-order valence-electron chi connectivity index (χ0n) is 8.47. The molecule has 0 radical (unpaired) electrons. The van der Waals surface area contributed by atoms with Gasteiger partial charge in [0.1, 0.15) is 0 Å². The van der Waals surface area contributed by atoms with Crippen molar-refractivity contribution in [3.8, 4) is 0 Å². The molecular formula is C12H16F2. The topological polar surface area (TPSA) is 0 Å². The van der Waals surface area contributed by atoms with Crippen LogP contribution in [0.25, 0.3) is 0 Å². The summed E-state index contributed by atoms with van der Waals surface area (Å²) in [5.41, 5.74) is 0.135. The SMILES string of the molecule is CCCCCC(F)(F)c1ccccc1. The van der Waals surface area contributed by atoms with Crippen LogP contribution in [0, 0.1) is 0 Å². The van der Waals surface area contributed by atoms with Crippen molar-refractivity contribution >= 4 is 0 Å². The van der Waals surface area contributed by atoms with Crippen LogP contribution < -0.4 is 0 Å². The largest absolute Gasteiger partial charge is 0.273 e. The van der Waals surface area contributed by atoms with E-state index in [4.69, 9.17) is 0 Å². The highest BCUT2D eigenvalue weighted by molar-refractivity contribution is 5.19. The summed E-state index contributed by atoms with van der Waals surface area (Å²) in [7, 11) is 0. The second kappa shape index (κ2) is 5.08. The Morgan fingerprint density at radius 3 is 2.29 bits per heavy atom. The molecular weight excluding hydrogens is 182 g/mol. The molecule has 0 heterocycles. The fourth-order valence-corrected chi connectivity index (χ4v) is 1.42. The smallest absolute Gasteiger partial charge is 0.201 e. The first-order valence-electron chi connectivity index (χ1n) is 5.10. The molecule has 0 spiro atoms. The standard InChI is InChI=1S/C12H16F2/c1-2-3-7-10-12(13,14)11-8-5-4-6-9-11/h4-6,8-9H,2-3,7,10H2,1H3. The van der Waals surface area contributed by atoms with Gasteiger partial charge in [-0.05, 0) is 6.42 Å². The van der Waals surface area contributed by atoms with Gasteiger partial charge in [0.15, 0.2) is 0 Å². The predicted molar refractivity (Wildman–Crippen MR) is 54.5 cm³/mol. The zero-order chi connectivity index (χ0) is 10.4. The van der Waals surface area contributed by atoms with Gasteiger partial charge in [-0.25, -0.2) is 8.78 Å². The lowest BCUT2D eigenvalue weighted by atomic mass is 10.0. The molecule has 0 bridgehead atoms. The van der Waals surface area contributed by atoms with Gasteiger partial charge in [-0.1, -0.05) is 50.1 Å². The average Bonchev–Trinajstić information content (AvgIpc) is 2.19. The van der Waals surface area contributed by atoms with Crippen LogP contribution in [0.2, 0.25) is 0 Å². The van der Waals surface area contributed by atoms with Crippen LogP contribution in [0.1, 0.15) is 38.2 Å². The Kier molecular flexibility index (Phi) is 4.05. The highest BCUT2D eigenvalue weighted by atomic mass is 19.3. The highest BCUT2D eigenvalue weighted by Crippen LogP contribution is 2.33. The van der Waals surface area contributed by atoms with Gasteiger partial charge in [0, 0.05) is 12.0 Å². The molecule has 0 aliphatic rings. The van der Waals surface area contributed by atoms with Crippen LogP contribution in [0.15, 0.2) is 30.3 Å². The first kappa shape index (κ1) is 11.2. The molecule has 0 saturated carbocycles. The Balaban J connectivity index is 2.56. The number of halogens is 2. The third-order valence-electron chi connectivity index (χ3n) is 2.29. The summed E-state index contributed by atoms with van der Waals surface area (Å²) in [6, 6.07) is 8.05. The highest BCUT2D eigenvalue weighted by Gasteiger charge is 2.29. The van der Waals surface area contributed by atoms with E-state index in [2.05, 4.69) is 0 Å². The van der Waals surface area contributed by atoms with Crippen LogP contribution in [-0.4, -0.2) is 0 Å². The van der Waals surface area contributed by atoms with Gasteiger partial charge in [0.2, 0.25) is 0 Å². The second-order valence-corrected chi connectivity index (χ2v) is 3.53. The van der Waals surface area contributed by atoms with Crippen molar-refractivity contribution in [1.29, 1.82) is 0 Å². The van der Waals surface area contributed by atoms with Gasteiger partial charge in [-0.3, -0.25) is 0 Å². The first-order valence-corrected chi connectivity index (χ1v) is 5.10. The molecule has 1 rings (SSSR count). The van der Waals surface area contributed by atoms with E-state index in [0.29, 0.717) is 6.42 Å². The van der Waals surface area contributed by atoms with Gasteiger partial charge in [0.05, 0.1) is 0 Å². The van der Waals surface area contributed by atoms with Crippen LogP contribution in [0.3, 0.4) is 0 Å². The Morgan fingerprint density at radius 1 is 1.07 bits per heavy atom. The van der Waals surface area contributed by atoms with Crippen molar-refractivity contribution in [2.45, 2.75) is 38.5 Å². The van der Waals surface area contributed by atoms with E-state index in [0.717, 1.165) is 12.8 Å². The minimum Gasteiger partial charge on any atom is -0.201 e. The molecule has 0 atom stereocenters. The molecule has 78 valence electrons. The van der Waals surface area contributed by atoms with Gasteiger partial charge >= 0.3 is 0 Å².